The van der Waals surface area contributed by atoms with Gasteiger partial charge in [0, 0.05) is 12.4 Å². The number of nitrogens with zero attached hydrogens (tertiary/aromatic N) is 6. The normalized spacial score (nSPS) is 10.9. The highest BCUT2D eigenvalue weighted by Gasteiger charge is 2.11. The highest BCUT2D eigenvalue weighted by atomic mass is 16.5. The van der Waals surface area contributed by atoms with E-state index in [4.69, 9.17) is 4.74 Å². The lowest BCUT2D eigenvalue weighted by Crippen LogP contribution is -2.22. The van der Waals surface area contributed by atoms with Gasteiger partial charge < -0.3 is 4.74 Å². The van der Waals surface area contributed by atoms with E-state index in [1.807, 2.05) is 30.3 Å². The molecule has 26 heavy (non-hydrogen) atoms. The fourth-order valence-corrected chi connectivity index (χ4v) is 2.60. The van der Waals surface area contributed by atoms with E-state index < -0.39 is 0 Å². The van der Waals surface area contributed by atoms with Crippen molar-refractivity contribution in [2.45, 2.75) is 13.1 Å². The molecule has 0 atom stereocenters. The average Bonchev–Trinajstić information content (AvgIpc) is 3.10. The van der Waals surface area contributed by atoms with Gasteiger partial charge in [-0.25, -0.2) is 19.6 Å². The Hall–Kier alpha value is -3.55. The van der Waals surface area contributed by atoms with Crippen LogP contribution in [0, 0.1) is 0 Å². The van der Waals surface area contributed by atoms with Gasteiger partial charge in [-0.3, -0.25) is 9.36 Å². The van der Waals surface area contributed by atoms with Gasteiger partial charge in [0.15, 0.2) is 5.65 Å². The summed E-state index contributed by atoms with van der Waals surface area (Å²) in [7, 11) is 0. The maximum atomic E-state index is 12.6. The number of hydrogen-bond acceptors (Lipinski definition) is 6. The molecular weight excluding hydrogens is 332 g/mol. The van der Waals surface area contributed by atoms with Crippen LogP contribution in [0.15, 0.2) is 66.1 Å². The van der Waals surface area contributed by atoms with Crippen LogP contribution in [-0.2, 0) is 13.1 Å². The average molecular weight is 348 g/mol. The van der Waals surface area contributed by atoms with Crippen molar-refractivity contribution >= 4 is 11.0 Å². The van der Waals surface area contributed by atoms with Crippen molar-refractivity contribution in [1.82, 2.24) is 29.3 Å². The Labute approximate surface area is 148 Å². The minimum absolute atomic E-state index is 0.169. The number of fused-ring (bicyclic) bond motifs is 1. The van der Waals surface area contributed by atoms with Gasteiger partial charge in [-0.1, -0.05) is 18.2 Å². The predicted octanol–water partition coefficient (Wildman–Crippen LogP) is 1.51. The van der Waals surface area contributed by atoms with Crippen LogP contribution in [0.4, 0.5) is 0 Å². The molecule has 0 saturated carbocycles. The van der Waals surface area contributed by atoms with Gasteiger partial charge in [-0.15, -0.1) is 0 Å². The predicted molar refractivity (Wildman–Crippen MR) is 94.9 cm³/mol. The molecule has 3 aromatic heterocycles. The highest BCUT2D eigenvalue weighted by Crippen LogP contribution is 2.10. The van der Waals surface area contributed by atoms with Crippen LogP contribution in [-0.4, -0.2) is 35.9 Å². The second-order valence-corrected chi connectivity index (χ2v) is 5.61. The van der Waals surface area contributed by atoms with Gasteiger partial charge in [0.2, 0.25) is 0 Å². The van der Waals surface area contributed by atoms with Crippen LogP contribution in [0.3, 0.4) is 0 Å². The molecule has 0 spiro atoms. The molecule has 0 amide bonds. The molecule has 0 radical (unpaired) electrons. The summed E-state index contributed by atoms with van der Waals surface area (Å²) in [6.45, 7) is 1.20. The first-order valence-corrected chi connectivity index (χ1v) is 8.16. The van der Waals surface area contributed by atoms with Gasteiger partial charge in [-0.2, -0.15) is 5.10 Å². The Morgan fingerprint density at radius 1 is 1.00 bits per heavy atom. The van der Waals surface area contributed by atoms with Crippen LogP contribution >= 0.6 is 0 Å². The molecule has 0 fully saturated rings. The van der Waals surface area contributed by atoms with E-state index in [1.54, 1.807) is 23.1 Å². The number of ether oxygens (including phenoxy) is 1. The summed E-state index contributed by atoms with van der Waals surface area (Å²) in [6, 6.07) is 11.3. The maximum absolute atomic E-state index is 12.6. The molecule has 0 aliphatic carbocycles. The summed E-state index contributed by atoms with van der Waals surface area (Å²) >= 11 is 0. The zero-order valence-corrected chi connectivity index (χ0v) is 13.9. The number of hydrogen-bond donors (Lipinski definition) is 0. The standard InChI is InChI=1S/C18H16N6O2/c25-18-15-11-22-24(9-10-26-14-5-2-1-3-6-14)17(15)21-13-23(18)12-16-19-7-4-8-20-16/h1-8,11,13H,9-10,12H2. The molecule has 0 bridgehead atoms. The molecule has 0 aliphatic heterocycles. The lowest BCUT2D eigenvalue weighted by molar-refractivity contribution is 0.293. The van der Waals surface area contributed by atoms with E-state index in [0.29, 0.717) is 30.0 Å². The quantitative estimate of drug-likeness (QED) is 0.525. The molecule has 8 nitrogen and oxygen atoms in total. The number of para-hydroxylation sites is 1. The lowest BCUT2D eigenvalue weighted by Gasteiger charge is -2.07. The second-order valence-electron chi connectivity index (χ2n) is 5.61. The van der Waals surface area contributed by atoms with Gasteiger partial charge in [0.25, 0.3) is 5.56 Å². The topological polar surface area (TPSA) is 87.7 Å². The van der Waals surface area contributed by atoms with E-state index in [1.165, 1.54) is 17.1 Å². The fourth-order valence-electron chi connectivity index (χ4n) is 2.60. The van der Waals surface area contributed by atoms with Crippen molar-refractivity contribution in [3.05, 3.63) is 77.5 Å². The van der Waals surface area contributed by atoms with Crippen LogP contribution in [0.1, 0.15) is 5.82 Å². The largest absolute Gasteiger partial charge is 0.492 e. The Kier molecular flexibility index (Phi) is 4.38. The van der Waals surface area contributed by atoms with Crippen LogP contribution < -0.4 is 10.3 Å². The third kappa shape index (κ3) is 3.30. The summed E-state index contributed by atoms with van der Waals surface area (Å²) in [5.74, 6) is 1.35. The molecule has 0 N–H and O–H groups in total. The number of benzene rings is 1. The van der Waals surface area contributed by atoms with E-state index in [0.717, 1.165) is 5.75 Å². The molecule has 0 saturated heterocycles. The molecule has 3 heterocycles. The summed E-state index contributed by atoms with van der Waals surface area (Å²) in [4.78, 5) is 25.3. The van der Waals surface area contributed by atoms with E-state index in [2.05, 4.69) is 20.1 Å². The maximum Gasteiger partial charge on any atom is 0.264 e. The Balaban J connectivity index is 1.51. The van der Waals surface area contributed by atoms with E-state index >= 15 is 0 Å². The van der Waals surface area contributed by atoms with Crippen LogP contribution in [0.2, 0.25) is 0 Å². The third-order valence-corrected chi connectivity index (χ3v) is 3.87. The zero-order chi connectivity index (χ0) is 17.8. The molecule has 0 unspecified atom stereocenters. The first kappa shape index (κ1) is 15.9. The van der Waals surface area contributed by atoms with Gasteiger partial charge in [-0.05, 0) is 18.2 Å². The zero-order valence-electron chi connectivity index (χ0n) is 13.9. The highest BCUT2D eigenvalue weighted by molar-refractivity contribution is 5.72. The number of aromatic nitrogens is 6. The van der Waals surface area contributed by atoms with Crippen LogP contribution in [0.25, 0.3) is 11.0 Å². The second kappa shape index (κ2) is 7.14. The van der Waals surface area contributed by atoms with Crippen molar-refractivity contribution in [3.8, 4) is 5.75 Å². The first-order chi connectivity index (χ1) is 12.8. The molecule has 130 valence electrons. The lowest BCUT2D eigenvalue weighted by atomic mass is 10.3. The molecule has 4 aromatic rings. The summed E-state index contributed by atoms with van der Waals surface area (Å²) in [6.07, 6.45) is 6.32. The van der Waals surface area contributed by atoms with Gasteiger partial charge in [0.1, 0.15) is 29.9 Å². The molecular formula is C18H16N6O2. The molecule has 1 aromatic carbocycles. The Bertz CT molecular complexity index is 1060. The minimum Gasteiger partial charge on any atom is -0.492 e. The van der Waals surface area contributed by atoms with Gasteiger partial charge in [0.05, 0.1) is 19.3 Å². The molecule has 0 aliphatic rings. The van der Waals surface area contributed by atoms with Crippen molar-refractivity contribution in [2.75, 3.05) is 6.61 Å². The summed E-state index contributed by atoms with van der Waals surface area (Å²) < 4.78 is 8.82. The third-order valence-electron chi connectivity index (χ3n) is 3.87. The molecule has 8 heteroatoms. The van der Waals surface area contributed by atoms with E-state index in [9.17, 15) is 4.79 Å². The Morgan fingerprint density at radius 3 is 2.62 bits per heavy atom. The SMILES string of the molecule is O=c1c2cnn(CCOc3ccccc3)c2ncn1Cc1ncccn1. The minimum atomic E-state index is -0.169. The molecule has 4 rings (SSSR count). The van der Waals surface area contributed by atoms with Gasteiger partial charge >= 0.3 is 0 Å². The van der Waals surface area contributed by atoms with Crippen molar-refractivity contribution in [1.29, 1.82) is 0 Å². The monoisotopic (exact) mass is 348 g/mol. The van der Waals surface area contributed by atoms with Crippen molar-refractivity contribution < 1.29 is 4.74 Å². The van der Waals surface area contributed by atoms with Crippen LogP contribution in [0.5, 0.6) is 5.75 Å². The Morgan fingerprint density at radius 2 is 1.81 bits per heavy atom. The summed E-state index contributed by atoms with van der Waals surface area (Å²) in [5.41, 5.74) is 0.370. The van der Waals surface area contributed by atoms with E-state index in [-0.39, 0.29) is 12.1 Å². The number of rotatable bonds is 6. The smallest absolute Gasteiger partial charge is 0.264 e. The summed E-state index contributed by atoms with van der Waals surface area (Å²) in [5, 5.41) is 4.73. The first-order valence-electron chi connectivity index (χ1n) is 8.16. The fraction of sp³-hybridized carbons (Fsp3) is 0.167. The van der Waals surface area contributed by atoms with Crippen molar-refractivity contribution in [2.24, 2.45) is 0 Å². The van der Waals surface area contributed by atoms with Crippen molar-refractivity contribution in [3.63, 3.8) is 0 Å².